The highest BCUT2D eigenvalue weighted by Gasteiger charge is 2.09. The van der Waals surface area contributed by atoms with Gasteiger partial charge in [-0.25, -0.2) is 4.39 Å². The minimum atomic E-state index is -0.354. The number of nitrogens with two attached hydrogens (primary N) is 1. The summed E-state index contributed by atoms with van der Waals surface area (Å²) >= 11 is 0. The van der Waals surface area contributed by atoms with E-state index in [-0.39, 0.29) is 24.2 Å². The molecule has 0 aromatic heterocycles. The van der Waals surface area contributed by atoms with Crippen molar-refractivity contribution in [3.63, 3.8) is 0 Å². The number of benzene rings is 1. The highest BCUT2D eigenvalue weighted by Crippen LogP contribution is 2.06. The topological polar surface area (TPSA) is 55.1 Å². The molecule has 0 bridgehead atoms. The van der Waals surface area contributed by atoms with Crippen LogP contribution in [0.4, 0.5) is 4.39 Å². The van der Waals surface area contributed by atoms with Crippen LogP contribution in [0.5, 0.6) is 0 Å². The summed E-state index contributed by atoms with van der Waals surface area (Å²) < 4.78 is 13.2. The van der Waals surface area contributed by atoms with Crippen molar-refractivity contribution in [2.24, 2.45) is 5.73 Å². The summed E-state index contributed by atoms with van der Waals surface area (Å²) in [5, 5.41) is 2.67. The molecule has 0 fully saturated rings. The minimum Gasteiger partial charge on any atom is -0.352 e. The maximum Gasteiger partial charge on any atom is 0.224 e. The molecule has 0 aliphatic heterocycles. The smallest absolute Gasteiger partial charge is 0.224 e. The molecule has 0 spiro atoms. The normalized spacial score (nSPS) is 12.2. The van der Waals surface area contributed by atoms with Crippen molar-refractivity contribution in [3.05, 3.63) is 35.6 Å². The molecule has 82 valence electrons. The summed E-state index contributed by atoms with van der Waals surface area (Å²) in [6.07, 6.45) is 0.0526. The zero-order valence-electron chi connectivity index (χ0n) is 8.66. The highest BCUT2D eigenvalue weighted by atomic mass is 19.1. The van der Waals surface area contributed by atoms with Gasteiger partial charge in [-0.15, -0.1) is 0 Å². The molecular weight excluding hydrogens is 195 g/mol. The van der Waals surface area contributed by atoms with Crippen molar-refractivity contribution in [2.75, 3.05) is 6.54 Å². The summed E-state index contributed by atoms with van der Waals surface area (Å²) in [5.74, 6) is -0.564. The first-order valence-electron chi connectivity index (χ1n) is 4.86. The van der Waals surface area contributed by atoms with Gasteiger partial charge >= 0.3 is 0 Å². The van der Waals surface area contributed by atoms with E-state index in [1.54, 1.807) is 25.1 Å². The molecule has 0 saturated heterocycles. The van der Waals surface area contributed by atoms with Gasteiger partial charge in [0.05, 0.1) is 6.42 Å². The minimum absolute atomic E-state index is 0.0526. The molecule has 1 atom stereocenters. The van der Waals surface area contributed by atoms with Gasteiger partial charge in [-0.2, -0.15) is 0 Å². The Morgan fingerprint density at radius 1 is 1.53 bits per heavy atom. The maximum absolute atomic E-state index is 13.2. The van der Waals surface area contributed by atoms with Gasteiger partial charge in [-0.1, -0.05) is 18.2 Å². The summed E-state index contributed by atoms with van der Waals surface area (Å²) in [4.78, 5) is 11.4. The molecule has 0 aliphatic carbocycles. The van der Waals surface area contributed by atoms with Crippen molar-refractivity contribution in [1.29, 1.82) is 0 Å². The van der Waals surface area contributed by atoms with Crippen LogP contribution >= 0.6 is 0 Å². The van der Waals surface area contributed by atoms with Crippen molar-refractivity contribution in [3.8, 4) is 0 Å². The second-order valence-electron chi connectivity index (χ2n) is 3.47. The summed E-state index contributed by atoms with van der Waals surface area (Å²) in [6.45, 7) is 2.18. The quantitative estimate of drug-likeness (QED) is 0.773. The molecule has 0 saturated carbocycles. The Morgan fingerprint density at radius 3 is 2.80 bits per heavy atom. The third kappa shape index (κ3) is 3.67. The number of carbonyl (C=O) groups is 1. The lowest BCUT2D eigenvalue weighted by Crippen LogP contribution is -2.38. The van der Waals surface area contributed by atoms with Crippen molar-refractivity contribution in [1.82, 2.24) is 5.32 Å². The molecule has 1 aromatic carbocycles. The lowest BCUT2D eigenvalue weighted by Gasteiger charge is -2.11. The molecule has 1 rings (SSSR count). The molecule has 3 N–H and O–H groups in total. The molecule has 3 nitrogen and oxygen atoms in total. The maximum atomic E-state index is 13.2. The zero-order chi connectivity index (χ0) is 11.3. The number of rotatable bonds is 4. The van der Waals surface area contributed by atoms with Crippen LogP contribution in [0.2, 0.25) is 0 Å². The average Bonchev–Trinajstić information content (AvgIpc) is 2.21. The van der Waals surface area contributed by atoms with Gasteiger partial charge in [-0.3, -0.25) is 4.79 Å². The standard InChI is InChI=1S/C11H15FN2O/c1-8(7-13)14-11(15)6-9-4-2-3-5-10(9)12/h2-5,8H,6-7,13H2,1H3,(H,14,15). The Morgan fingerprint density at radius 2 is 2.20 bits per heavy atom. The molecule has 0 radical (unpaired) electrons. The van der Waals surface area contributed by atoms with Crippen LogP contribution in [0.25, 0.3) is 0 Å². The Kier molecular flexibility index (Phi) is 4.24. The van der Waals surface area contributed by atoms with Crippen molar-refractivity contribution in [2.45, 2.75) is 19.4 Å². The molecule has 0 aliphatic rings. The first kappa shape index (κ1) is 11.7. The van der Waals surface area contributed by atoms with Crippen molar-refractivity contribution < 1.29 is 9.18 Å². The summed E-state index contributed by atoms with van der Waals surface area (Å²) in [6, 6.07) is 6.16. The molecule has 1 amide bonds. The van der Waals surface area contributed by atoms with E-state index in [1.165, 1.54) is 6.07 Å². The van der Waals surface area contributed by atoms with E-state index in [1.807, 2.05) is 0 Å². The van der Waals surface area contributed by atoms with Crippen LogP contribution in [0.1, 0.15) is 12.5 Å². The van der Waals surface area contributed by atoms with E-state index in [2.05, 4.69) is 5.32 Å². The van der Waals surface area contributed by atoms with Crippen LogP contribution in [0, 0.1) is 5.82 Å². The molecule has 0 heterocycles. The Balaban J connectivity index is 2.55. The molecular formula is C11H15FN2O. The fourth-order valence-corrected chi connectivity index (χ4v) is 1.20. The van der Waals surface area contributed by atoms with Gasteiger partial charge in [0.1, 0.15) is 5.82 Å². The number of halogens is 1. The fourth-order valence-electron chi connectivity index (χ4n) is 1.20. The van der Waals surface area contributed by atoms with Gasteiger partial charge < -0.3 is 11.1 Å². The van der Waals surface area contributed by atoms with E-state index in [9.17, 15) is 9.18 Å². The van der Waals surface area contributed by atoms with Crippen LogP contribution in [-0.2, 0) is 11.2 Å². The van der Waals surface area contributed by atoms with E-state index < -0.39 is 0 Å². The predicted molar refractivity (Wildman–Crippen MR) is 56.8 cm³/mol. The van der Waals surface area contributed by atoms with E-state index in [0.717, 1.165) is 0 Å². The van der Waals surface area contributed by atoms with Crippen LogP contribution < -0.4 is 11.1 Å². The average molecular weight is 210 g/mol. The SMILES string of the molecule is CC(CN)NC(=O)Cc1ccccc1F. The summed E-state index contributed by atoms with van der Waals surface area (Å²) in [5.41, 5.74) is 5.76. The van der Waals surface area contributed by atoms with Gasteiger partial charge in [0.2, 0.25) is 5.91 Å². The second-order valence-corrected chi connectivity index (χ2v) is 3.47. The van der Waals surface area contributed by atoms with Crippen LogP contribution in [0.15, 0.2) is 24.3 Å². The van der Waals surface area contributed by atoms with Gasteiger partial charge in [-0.05, 0) is 18.6 Å². The molecule has 15 heavy (non-hydrogen) atoms. The van der Waals surface area contributed by atoms with Gasteiger partial charge in [0.15, 0.2) is 0 Å². The van der Waals surface area contributed by atoms with Gasteiger partial charge in [0.25, 0.3) is 0 Å². The molecule has 1 unspecified atom stereocenters. The van der Waals surface area contributed by atoms with E-state index >= 15 is 0 Å². The van der Waals surface area contributed by atoms with Crippen molar-refractivity contribution >= 4 is 5.91 Å². The van der Waals surface area contributed by atoms with Crippen LogP contribution in [0.3, 0.4) is 0 Å². The first-order chi connectivity index (χ1) is 7.13. The molecule has 1 aromatic rings. The Labute approximate surface area is 88.5 Å². The Bertz CT molecular complexity index is 341. The number of carbonyl (C=O) groups excluding carboxylic acids is 1. The number of nitrogens with one attached hydrogen (secondary N) is 1. The highest BCUT2D eigenvalue weighted by molar-refractivity contribution is 5.78. The predicted octanol–water partition coefficient (Wildman–Crippen LogP) is 0.832. The van der Waals surface area contributed by atoms with Gasteiger partial charge in [0, 0.05) is 12.6 Å². The summed E-state index contributed by atoms with van der Waals surface area (Å²) in [7, 11) is 0. The lowest BCUT2D eigenvalue weighted by atomic mass is 10.1. The third-order valence-electron chi connectivity index (χ3n) is 2.07. The zero-order valence-corrected chi connectivity index (χ0v) is 8.66. The number of hydrogen-bond donors (Lipinski definition) is 2. The van der Waals surface area contributed by atoms with E-state index in [4.69, 9.17) is 5.73 Å². The lowest BCUT2D eigenvalue weighted by molar-refractivity contribution is -0.121. The second kappa shape index (κ2) is 5.46. The van der Waals surface area contributed by atoms with E-state index in [0.29, 0.717) is 12.1 Å². The fraction of sp³-hybridized carbons (Fsp3) is 0.364. The monoisotopic (exact) mass is 210 g/mol. The van der Waals surface area contributed by atoms with Crippen LogP contribution in [-0.4, -0.2) is 18.5 Å². The largest absolute Gasteiger partial charge is 0.352 e. The first-order valence-corrected chi connectivity index (χ1v) is 4.86. The number of amides is 1. The third-order valence-corrected chi connectivity index (χ3v) is 2.07. The Hall–Kier alpha value is -1.42. The number of hydrogen-bond acceptors (Lipinski definition) is 2. The molecule has 4 heteroatoms.